The molecular weight excluding hydrogens is 264 g/mol. The van der Waals surface area contributed by atoms with Crippen LogP contribution in [0.2, 0.25) is 0 Å². The van der Waals surface area contributed by atoms with Gasteiger partial charge in [0.2, 0.25) is 0 Å². The van der Waals surface area contributed by atoms with Crippen molar-refractivity contribution in [3.05, 3.63) is 29.3 Å². The van der Waals surface area contributed by atoms with Crippen LogP contribution in [0.25, 0.3) is 10.2 Å². The van der Waals surface area contributed by atoms with Gasteiger partial charge >= 0.3 is 0 Å². The van der Waals surface area contributed by atoms with E-state index in [-0.39, 0.29) is 0 Å². The van der Waals surface area contributed by atoms with Gasteiger partial charge in [0.15, 0.2) is 0 Å². The van der Waals surface area contributed by atoms with Crippen LogP contribution in [-0.4, -0.2) is 11.0 Å². The zero-order valence-electron chi connectivity index (χ0n) is 12.9. The van der Waals surface area contributed by atoms with E-state index >= 15 is 0 Å². The zero-order chi connectivity index (χ0) is 14.4. The molecule has 2 rings (SSSR count). The first-order valence-corrected chi connectivity index (χ1v) is 8.64. The van der Waals surface area contributed by atoms with Crippen molar-refractivity contribution < 1.29 is 0 Å². The third kappa shape index (κ3) is 4.29. The molecule has 0 aliphatic rings. The second kappa shape index (κ2) is 7.75. The van der Waals surface area contributed by atoms with E-state index in [9.17, 15) is 0 Å². The molecule has 0 amide bonds. The summed E-state index contributed by atoms with van der Waals surface area (Å²) >= 11 is 1.81. The van der Waals surface area contributed by atoms with Crippen molar-refractivity contribution in [1.82, 2.24) is 10.3 Å². The van der Waals surface area contributed by atoms with E-state index in [4.69, 9.17) is 4.98 Å². The van der Waals surface area contributed by atoms with Gasteiger partial charge in [0.05, 0.1) is 16.3 Å². The molecule has 1 aromatic heterocycles. The maximum absolute atomic E-state index is 4.73. The summed E-state index contributed by atoms with van der Waals surface area (Å²) in [6.07, 6.45) is 6.62. The molecule has 110 valence electrons. The lowest BCUT2D eigenvalue weighted by Gasteiger charge is -2.18. The fourth-order valence-corrected chi connectivity index (χ4v) is 3.51. The quantitative estimate of drug-likeness (QED) is 0.667. The van der Waals surface area contributed by atoms with Crippen molar-refractivity contribution in [3.8, 4) is 0 Å². The number of para-hydroxylation sites is 1. The van der Waals surface area contributed by atoms with Crippen molar-refractivity contribution in [3.63, 3.8) is 0 Å². The Bertz CT molecular complexity index is 487. The van der Waals surface area contributed by atoms with Crippen LogP contribution in [0.4, 0.5) is 0 Å². The molecule has 0 saturated carbocycles. The van der Waals surface area contributed by atoms with Gasteiger partial charge in [-0.2, -0.15) is 0 Å². The minimum atomic E-state index is 0.341. The highest BCUT2D eigenvalue weighted by Gasteiger charge is 2.13. The van der Waals surface area contributed by atoms with E-state index in [2.05, 4.69) is 50.4 Å². The maximum Gasteiger partial charge on any atom is 0.111 e. The number of rotatable bonds is 8. The Kier molecular flexibility index (Phi) is 5.99. The molecule has 1 N–H and O–H groups in total. The average Bonchev–Trinajstić information content (AvgIpc) is 2.87. The number of thiazole rings is 1. The van der Waals surface area contributed by atoms with Crippen LogP contribution in [0.1, 0.15) is 63.9 Å². The van der Waals surface area contributed by atoms with E-state index < -0.39 is 0 Å². The Labute approximate surface area is 126 Å². The van der Waals surface area contributed by atoms with Gasteiger partial charge in [0.1, 0.15) is 5.01 Å². The van der Waals surface area contributed by atoms with Crippen LogP contribution in [0.15, 0.2) is 24.3 Å². The molecule has 1 aromatic carbocycles. The van der Waals surface area contributed by atoms with Crippen LogP contribution >= 0.6 is 11.3 Å². The Balaban J connectivity index is 1.85. The highest BCUT2D eigenvalue weighted by Crippen LogP contribution is 2.26. The molecule has 0 aliphatic heterocycles. The smallest absolute Gasteiger partial charge is 0.111 e. The molecule has 0 spiro atoms. The first-order valence-electron chi connectivity index (χ1n) is 7.82. The van der Waals surface area contributed by atoms with E-state index in [1.165, 1.54) is 41.8 Å². The number of nitrogens with one attached hydrogen (secondary N) is 1. The first-order chi connectivity index (χ1) is 9.70. The summed E-state index contributed by atoms with van der Waals surface area (Å²) in [5.74, 6) is 0. The van der Waals surface area contributed by atoms with E-state index in [1.807, 2.05) is 0 Å². The van der Waals surface area contributed by atoms with E-state index in [1.54, 1.807) is 11.3 Å². The topological polar surface area (TPSA) is 24.9 Å². The number of hydrogen-bond donors (Lipinski definition) is 1. The highest BCUT2D eigenvalue weighted by atomic mass is 32.1. The summed E-state index contributed by atoms with van der Waals surface area (Å²) in [6, 6.07) is 9.29. The molecule has 20 heavy (non-hydrogen) atoms. The fraction of sp³-hybridized carbons (Fsp3) is 0.588. The molecule has 2 nitrogen and oxygen atoms in total. The fourth-order valence-electron chi connectivity index (χ4n) is 2.53. The molecule has 1 heterocycles. The van der Waals surface area contributed by atoms with Gasteiger partial charge in [0.25, 0.3) is 0 Å². The Hall–Kier alpha value is -0.930. The van der Waals surface area contributed by atoms with Crippen molar-refractivity contribution in [2.75, 3.05) is 0 Å². The largest absolute Gasteiger partial charge is 0.306 e. The van der Waals surface area contributed by atoms with Gasteiger partial charge < -0.3 is 5.32 Å². The molecule has 0 radical (unpaired) electrons. The number of nitrogens with zero attached hydrogens (tertiary/aromatic N) is 1. The molecule has 0 aliphatic carbocycles. The molecule has 2 aromatic rings. The molecular formula is C17H26N2S. The van der Waals surface area contributed by atoms with Gasteiger partial charge in [-0.3, -0.25) is 0 Å². The lowest BCUT2D eigenvalue weighted by Crippen LogP contribution is -2.28. The average molecular weight is 290 g/mol. The zero-order valence-corrected chi connectivity index (χ0v) is 13.7. The van der Waals surface area contributed by atoms with Crippen LogP contribution in [0, 0.1) is 0 Å². The first kappa shape index (κ1) is 15.5. The lowest BCUT2D eigenvalue weighted by atomic mass is 10.1. The summed E-state index contributed by atoms with van der Waals surface area (Å²) < 4.78 is 1.28. The maximum atomic E-state index is 4.73. The minimum absolute atomic E-state index is 0.341. The van der Waals surface area contributed by atoms with Crippen LogP contribution < -0.4 is 5.32 Å². The van der Waals surface area contributed by atoms with Crippen LogP contribution in [0.3, 0.4) is 0 Å². The predicted octanol–water partition coefficient (Wildman–Crippen LogP) is 5.31. The highest BCUT2D eigenvalue weighted by molar-refractivity contribution is 7.18. The predicted molar refractivity (Wildman–Crippen MR) is 89.4 cm³/mol. The minimum Gasteiger partial charge on any atom is -0.306 e. The Morgan fingerprint density at radius 2 is 1.95 bits per heavy atom. The van der Waals surface area contributed by atoms with Crippen molar-refractivity contribution in [2.45, 2.75) is 65.0 Å². The molecule has 0 saturated heterocycles. The summed E-state index contributed by atoms with van der Waals surface area (Å²) in [6.45, 7) is 6.77. The third-order valence-electron chi connectivity index (χ3n) is 3.71. The molecule has 0 bridgehead atoms. The van der Waals surface area contributed by atoms with Crippen LogP contribution in [-0.2, 0) is 0 Å². The third-order valence-corrected chi connectivity index (χ3v) is 4.93. The van der Waals surface area contributed by atoms with Gasteiger partial charge in [-0.15, -0.1) is 11.3 Å². The lowest BCUT2D eigenvalue weighted by molar-refractivity contribution is 0.437. The number of fused-ring (bicyclic) bond motifs is 1. The number of hydrogen-bond acceptors (Lipinski definition) is 3. The van der Waals surface area contributed by atoms with E-state index in [0.29, 0.717) is 12.1 Å². The summed E-state index contributed by atoms with van der Waals surface area (Å²) in [5, 5.41) is 4.88. The summed E-state index contributed by atoms with van der Waals surface area (Å²) in [7, 11) is 0. The Morgan fingerprint density at radius 1 is 1.15 bits per heavy atom. The number of unbranched alkanes of at least 4 members (excludes halogenated alkanes) is 3. The normalized spacial score (nSPS) is 14.6. The van der Waals surface area contributed by atoms with Crippen molar-refractivity contribution >= 4 is 21.6 Å². The molecule has 3 heteroatoms. The molecule has 2 atom stereocenters. The van der Waals surface area contributed by atoms with Crippen LogP contribution in [0.5, 0.6) is 0 Å². The van der Waals surface area contributed by atoms with Gasteiger partial charge in [-0.1, -0.05) is 44.7 Å². The second-order valence-corrected chi connectivity index (χ2v) is 6.72. The standard InChI is InChI=1S/C17H26N2S/c1-4-5-6-7-10-13(2)18-14(3)17-19-15-11-8-9-12-16(15)20-17/h8-9,11-14,18H,4-7,10H2,1-3H3. The Morgan fingerprint density at radius 3 is 2.70 bits per heavy atom. The SMILES string of the molecule is CCCCCCC(C)NC(C)c1nc2ccccc2s1. The molecule has 2 unspecified atom stereocenters. The number of aromatic nitrogens is 1. The summed E-state index contributed by atoms with van der Waals surface area (Å²) in [4.78, 5) is 4.73. The van der Waals surface area contributed by atoms with Gasteiger partial charge in [-0.05, 0) is 32.4 Å². The van der Waals surface area contributed by atoms with Gasteiger partial charge in [-0.25, -0.2) is 4.98 Å². The van der Waals surface area contributed by atoms with Gasteiger partial charge in [0, 0.05) is 6.04 Å². The van der Waals surface area contributed by atoms with E-state index in [0.717, 1.165) is 5.52 Å². The summed E-state index contributed by atoms with van der Waals surface area (Å²) in [5.41, 5.74) is 1.12. The number of benzene rings is 1. The monoisotopic (exact) mass is 290 g/mol. The second-order valence-electron chi connectivity index (χ2n) is 5.66. The molecule has 0 fully saturated rings. The van der Waals surface area contributed by atoms with Crippen molar-refractivity contribution in [1.29, 1.82) is 0 Å². The van der Waals surface area contributed by atoms with Crippen molar-refractivity contribution in [2.24, 2.45) is 0 Å².